The quantitative estimate of drug-likeness (QED) is 0.822. The summed E-state index contributed by atoms with van der Waals surface area (Å²) in [7, 11) is 1.60. The Morgan fingerprint density at radius 2 is 2.24 bits per heavy atom. The summed E-state index contributed by atoms with van der Waals surface area (Å²) in [5.41, 5.74) is 6.38. The van der Waals surface area contributed by atoms with E-state index in [4.69, 9.17) is 10.5 Å². The van der Waals surface area contributed by atoms with Gasteiger partial charge in [-0.3, -0.25) is 0 Å². The van der Waals surface area contributed by atoms with Crippen molar-refractivity contribution in [2.24, 2.45) is 5.92 Å². The Kier molecular flexibility index (Phi) is 3.71. The SMILES string of the molecule is CCCN(CC1CC1)c1ccc(N)c(OC)n1. The predicted octanol–water partition coefficient (Wildman–Crippen LogP) is 2.30. The van der Waals surface area contributed by atoms with Gasteiger partial charge in [-0.15, -0.1) is 0 Å². The van der Waals surface area contributed by atoms with E-state index in [0.717, 1.165) is 31.2 Å². The van der Waals surface area contributed by atoms with E-state index in [9.17, 15) is 0 Å². The number of ether oxygens (including phenoxy) is 1. The fraction of sp³-hybridized carbons (Fsp3) is 0.615. The highest BCUT2D eigenvalue weighted by atomic mass is 16.5. The predicted molar refractivity (Wildman–Crippen MR) is 70.4 cm³/mol. The van der Waals surface area contributed by atoms with Crippen molar-refractivity contribution in [3.05, 3.63) is 12.1 Å². The molecule has 0 bridgehead atoms. The Balaban J connectivity index is 2.15. The molecule has 1 aromatic heterocycles. The van der Waals surface area contributed by atoms with Gasteiger partial charge in [-0.1, -0.05) is 6.92 Å². The van der Waals surface area contributed by atoms with Gasteiger partial charge in [0.1, 0.15) is 5.82 Å². The molecule has 1 aliphatic carbocycles. The Morgan fingerprint density at radius 1 is 1.47 bits per heavy atom. The molecule has 1 saturated carbocycles. The normalized spacial score (nSPS) is 14.7. The molecular formula is C13H21N3O. The molecule has 17 heavy (non-hydrogen) atoms. The maximum absolute atomic E-state index is 5.78. The molecule has 0 aliphatic heterocycles. The molecule has 2 N–H and O–H groups in total. The van der Waals surface area contributed by atoms with E-state index in [1.165, 1.54) is 12.8 Å². The lowest BCUT2D eigenvalue weighted by molar-refractivity contribution is 0.400. The van der Waals surface area contributed by atoms with Gasteiger partial charge in [0.25, 0.3) is 0 Å². The highest BCUT2D eigenvalue weighted by molar-refractivity contribution is 5.54. The lowest BCUT2D eigenvalue weighted by atomic mass is 10.3. The van der Waals surface area contributed by atoms with E-state index in [1.54, 1.807) is 7.11 Å². The van der Waals surface area contributed by atoms with Gasteiger partial charge in [-0.25, -0.2) is 0 Å². The van der Waals surface area contributed by atoms with Crippen LogP contribution in [0, 0.1) is 5.92 Å². The van der Waals surface area contributed by atoms with Crippen molar-refractivity contribution < 1.29 is 4.74 Å². The van der Waals surface area contributed by atoms with Crippen LogP contribution in [-0.4, -0.2) is 25.2 Å². The van der Waals surface area contributed by atoms with Crippen LogP contribution in [-0.2, 0) is 0 Å². The first kappa shape index (κ1) is 12.0. The van der Waals surface area contributed by atoms with Crippen LogP contribution < -0.4 is 15.4 Å². The minimum absolute atomic E-state index is 0.527. The monoisotopic (exact) mass is 235 g/mol. The molecule has 0 aromatic carbocycles. The number of aromatic nitrogens is 1. The molecule has 0 amide bonds. The molecule has 4 heteroatoms. The Morgan fingerprint density at radius 3 is 2.82 bits per heavy atom. The first-order chi connectivity index (χ1) is 8.24. The van der Waals surface area contributed by atoms with E-state index in [2.05, 4.69) is 16.8 Å². The number of rotatable bonds is 6. The van der Waals surface area contributed by atoms with Gasteiger partial charge in [-0.05, 0) is 37.3 Å². The van der Waals surface area contributed by atoms with E-state index < -0.39 is 0 Å². The second-order valence-corrected chi connectivity index (χ2v) is 4.66. The maximum Gasteiger partial charge on any atom is 0.238 e. The van der Waals surface area contributed by atoms with Gasteiger partial charge < -0.3 is 15.4 Å². The van der Waals surface area contributed by atoms with Gasteiger partial charge in [0.05, 0.1) is 12.8 Å². The number of hydrogen-bond donors (Lipinski definition) is 1. The molecular weight excluding hydrogens is 214 g/mol. The van der Waals surface area contributed by atoms with Crippen LogP contribution in [0.25, 0.3) is 0 Å². The smallest absolute Gasteiger partial charge is 0.238 e. The summed E-state index contributed by atoms with van der Waals surface area (Å²) in [6, 6.07) is 3.85. The number of nitrogens with two attached hydrogens (primary N) is 1. The zero-order valence-corrected chi connectivity index (χ0v) is 10.6. The molecule has 94 valence electrons. The number of methoxy groups -OCH3 is 1. The Bertz CT molecular complexity index is 377. The topological polar surface area (TPSA) is 51.4 Å². The van der Waals surface area contributed by atoms with E-state index in [0.29, 0.717) is 11.6 Å². The third kappa shape index (κ3) is 3.02. The molecule has 0 unspecified atom stereocenters. The molecule has 0 saturated heterocycles. The standard InChI is InChI=1S/C13H21N3O/c1-3-8-16(9-10-4-5-10)12-7-6-11(14)13(15-12)17-2/h6-7,10H,3-5,8-9,14H2,1-2H3. The van der Waals surface area contributed by atoms with Gasteiger partial charge in [0.15, 0.2) is 0 Å². The molecule has 1 aliphatic rings. The molecule has 1 aromatic rings. The Labute approximate surface area is 103 Å². The number of anilines is 2. The first-order valence-corrected chi connectivity index (χ1v) is 6.30. The highest BCUT2D eigenvalue weighted by Crippen LogP contribution is 2.32. The van der Waals surface area contributed by atoms with Crippen LogP contribution in [0.2, 0.25) is 0 Å². The minimum atomic E-state index is 0.527. The zero-order chi connectivity index (χ0) is 12.3. The molecule has 0 radical (unpaired) electrons. The van der Waals surface area contributed by atoms with E-state index in [1.807, 2.05) is 12.1 Å². The maximum atomic E-state index is 5.78. The molecule has 2 rings (SSSR count). The molecule has 1 heterocycles. The lowest BCUT2D eigenvalue weighted by Gasteiger charge is -2.23. The molecule has 4 nitrogen and oxygen atoms in total. The minimum Gasteiger partial charge on any atom is -0.479 e. The van der Waals surface area contributed by atoms with Gasteiger partial charge >= 0.3 is 0 Å². The number of nitrogen functional groups attached to an aromatic ring is 1. The fourth-order valence-corrected chi connectivity index (χ4v) is 1.96. The molecule has 0 atom stereocenters. The van der Waals surface area contributed by atoms with Gasteiger partial charge in [-0.2, -0.15) is 4.98 Å². The van der Waals surface area contributed by atoms with Crippen LogP contribution in [0.5, 0.6) is 5.88 Å². The van der Waals surface area contributed by atoms with Crippen LogP contribution in [0.4, 0.5) is 11.5 Å². The largest absolute Gasteiger partial charge is 0.479 e. The third-order valence-corrected chi connectivity index (χ3v) is 3.06. The fourth-order valence-electron chi connectivity index (χ4n) is 1.96. The van der Waals surface area contributed by atoms with Crippen molar-refractivity contribution in [3.8, 4) is 5.88 Å². The lowest BCUT2D eigenvalue weighted by Crippen LogP contribution is -2.27. The van der Waals surface area contributed by atoms with E-state index >= 15 is 0 Å². The van der Waals surface area contributed by atoms with Crippen LogP contribution in [0.1, 0.15) is 26.2 Å². The Hall–Kier alpha value is -1.45. The average molecular weight is 235 g/mol. The number of nitrogens with zero attached hydrogens (tertiary/aromatic N) is 2. The van der Waals surface area contributed by atoms with Crippen molar-refractivity contribution >= 4 is 11.5 Å². The van der Waals surface area contributed by atoms with Gasteiger partial charge in [0, 0.05) is 13.1 Å². The first-order valence-electron chi connectivity index (χ1n) is 6.30. The second-order valence-electron chi connectivity index (χ2n) is 4.66. The summed E-state index contributed by atoms with van der Waals surface area (Å²) in [4.78, 5) is 6.80. The highest BCUT2D eigenvalue weighted by Gasteiger charge is 2.24. The second kappa shape index (κ2) is 5.25. The van der Waals surface area contributed by atoms with Crippen molar-refractivity contribution in [3.63, 3.8) is 0 Å². The average Bonchev–Trinajstić information content (AvgIpc) is 3.13. The summed E-state index contributed by atoms with van der Waals surface area (Å²) in [5.74, 6) is 2.36. The summed E-state index contributed by atoms with van der Waals surface area (Å²) in [6.45, 7) is 4.33. The van der Waals surface area contributed by atoms with Crippen molar-refractivity contribution in [2.45, 2.75) is 26.2 Å². The number of pyridine rings is 1. The summed E-state index contributed by atoms with van der Waals surface area (Å²) in [5, 5.41) is 0. The summed E-state index contributed by atoms with van der Waals surface area (Å²) < 4.78 is 5.17. The zero-order valence-electron chi connectivity index (χ0n) is 10.6. The van der Waals surface area contributed by atoms with Crippen molar-refractivity contribution in [1.82, 2.24) is 4.98 Å². The van der Waals surface area contributed by atoms with Crippen molar-refractivity contribution in [1.29, 1.82) is 0 Å². The molecule has 0 spiro atoms. The van der Waals surface area contributed by atoms with Gasteiger partial charge in [0.2, 0.25) is 5.88 Å². The third-order valence-electron chi connectivity index (χ3n) is 3.06. The van der Waals surface area contributed by atoms with Crippen molar-refractivity contribution in [2.75, 3.05) is 30.8 Å². The van der Waals surface area contributed by atoms with E-state index in [-0.39, 0.29) is 0 Å². The number of hydrogen-bond acceptors (Lipinski definition) is 4. The molecule has 1 fully saturated rings. The van der Waals surface area contributed by atoms with Crippen LogP contribution >= 0.6 is 0 Å². The summed E-state index contributed by atoms with van der Waals surface area (Å²) >= 11 is 0. The summed E-state index contributed by atoms with van der Waals surface area (Å²) in [6.07, 6.45) is 3.83. The van der Waals surface area contributed by atoms with Crippen LogP contribution in [0.3, 0.4) is 0 Å². The van der Waals surface area contributed by atoms with Crippen LogP contribution in [0.15, 0.2) is 12.1 Å².